The summed E-state index contributed by atoms with van der Waals surface area (Å²) in [5.41, 5.74) is 1.90. The van der Waals surface area contributed by atoms with Crippen molar-refractivity contribution in [3.63, 3.8) is 0 Å². The topological polar surface area (TPSA) is 71.0 Å². The van der Waals surface area contributed by atoms with Crippen LogP contribution in [0, 0.1) is 0 Å². The van der Waals surface area contributed by atoms with E-state index in [2.05, 4.69) is 10.3 Å². The van der Waals surface area contributed by atoms with E-state index in [0.717, 1.165) is 11.4 Å². The molecule has 0 saturated carbocycles. The maximum absolute atomic E-state index is 12.2. The number of hydrogen-bond donors (Lipinski definition) is 1. The van der Waals surface area contributed by atoms with Gasteiger partial charge in [0, 0.05) is 25.4 Å². The van der Waals surface area contributed by atoms with Crippen LogP contribution in [-0.2, 0) is 14.3 Å². The van der Waals surface area contributed by atoms with Gasteiger partial charge in [0.1, 0.15) is 5.71 Å². The number of benzene rings is 1. The van der Waals surface area contributed by atoms with Crippen molar-refractivity contribution in [3.8, 4) is 0 Å². The van der Waals surface area contributed by atoms with Gasteiger partial charge in [-0.1, -0.05) is 18.2 Å². The Labute approximate surface area is 155 Å². The molecular weight excluding hydrogens is 330 g/mol. The van der Waals surface area contributed by atoms with Crippen molar-refractivity contribution in [2.24, 2.45) is 4.99 Å². The molecule has 0 saturated heterocycles. The summed E-state index contributed by atoms with van der Waals surface area (Å²) in [6.07, 6.45) is 5.35. The molecule has 1 aliphatic rings. The van der Waals surface area contributed by atoms with E-state index < -0.39 is 0 Å². The number of nitrogens with one attached hydrogen (secondary N) is 1. The van der Waals surface area contributed by atoms with Gasteiger partial charge in [0.25, 0.3) is 0 Å². The Bertz CT molecular complexity index is 679. The molecule has 0 radical (unpaired) electrons. The summed E-state index contributed by atoms with van der Waals surface area (Å²) in [4.78, 5) is 29.7. The van der Waals surface area contributed by atoms with Gasteiger partial charge in [0.15, 0.2) is 0 Å². The van der Waals surface area contributed by atoms with Crippen molar-refractivity contribution in [2.45, 2.75) is 13.3 Å². The number of carbonyl (C=O) groups excluding carboxylic acids is 2. The number of hydrogen-bond acceptors (Lipinski definition) is 6. The standard InChI is InChI=1S/C18H20N2O3.C2H7N/c1-3-23-18(22)11-12-20(2)15-9-10-16(17(21)13-15)19-14-7-5-4-6-8-14;1-3-2/h4-10,13H,3,11-12H2,1-2H3;3H,1-2H3. The fraction of sp³-hybridized carbons (Fsp3) is 0.350. The van der Waals surface area contributed by atoms with Crippen molar-refractivity contribution >= 4 is 23.2 Å². The van der Waals surface area contributed by atoms with Crippen LogP contribution in [0.2, 0.25) is 0 Å². The van der Waals surface area contributed by atoms with Gasteiger partial charge in [0.2, 0.25) is 5.78 Å². The molecule has 1 aromatic rings. The van der Waals surface area contributed by atoms with Gasteiger partial charge in [-0.15, -0.1) is 0 Å². The first-order valence-corrected chi connectivity index (χ1v) is 8.54. The molecule has 0 aromatic heterocycles. The maximum Gasteiger partial charge on any atom is 0.307 e. The molecular formula is C20H27N3O3. The van der Waals surface area contributed by atoms with Crippen LogP contribution in [0.25, 0.3) is 0 Å². The van der Waals surface area contributed by atoms with Crippen LogP contribution in [0.3, 0.4) is 0 Å². The smallest absolute Gasteiger partial charge is 0.307 e. The van der Waals surface area contributed by atoms with Crippen LogP contribution < -0.4 is 5.32 Å². The van der Waals surface area contributed by atoms with E-state index in [1.165, 1.54) is 6.08 Å². The lowest BCUT2D eigenvalue weighted by Crippen LogP contribution is -2.25. The second-order valence-corrected chi connectivity index (χ2v) is 5.58. The van der Waals surface area contributed by atoms with Crippen molar-refractivity contribution in [1.29, 1.82) is 0 Å². The SMILES string of the molecule is CCOC(=O)CCN(C)C1=CC(=O)C(=Nc2ccccc2)C=C1.CNC. The van der Waals surface area contributed by atoms with E-state index in [-0.39, 0.29) is 18.2 Å². The summed E-state index contributed by atoms with van der Waals surface area (Å²) in [5, 5.41) is 2.75. The highest BCUT2D eigenvalue weighted by Crippen LogP contribution is 2.15. The highest BCUT2D eigenvalue weighted by Gasteiger charge is 2.15. The molecule has 0 atom stereocenters. The van der Waals surface area contributed by atoms with Crippen molar-refractivity contribution in [1.82, 2.24) is 10.2 Å². The number of carbonyl (C=O) groups is 2. The predicted octanol–water partition coefficient (Wildman–Crippen LogP) is 2.50. The Morgan fingerprint density at radius 1 is 1.19 bits per heavy atom. The molecule has 0 fully saturated rings. The Morgan fingerprint density at radius 2 is 1.85 bits per heavy atom. The minimum atomic E-state index is -0.239. The van der Waals surface area contributed by atoms with Gasteiger partial charge in [-0.05, 0) is 45.3 Å². The normalized spacial score (nSPS) is 14.4. The van der Waals surface area contributed by atoms with Crippen LogP contribution in [-0.4, -0.2) is 56.7 Å². The third-order valence-corrected chi connectivity index (χ3v) is 3.35. The summed E-state index contributed by atoms with van der Waals surface area (Å²) in [6.45, 7) is 2.65. The lowest BCUT2D eigenvalue weighted by molar-refractivity contribution is -0.143. The predicted molar refractivity (Wildman–Crippen MR) is 105 cm³/mol. The third-order valence-electron chi connectivity index (χ3n) is 3.35. The monoisotopic (exact) mass is 357 g/mol. The van der Waals surface area contributed by atoms with Crippen LogP contribution in [0.5, 0.6) is 0 Å². The highest BCUT2D eigenvalue weighted by molar-refractivity contribution is 6.49. The van der Waals surface area contributed by atoms with Crippen LogP contribution in [0.4, 0.5) is 5.69 Å². The zero-order valence-electron chi connectivity index (χ0n) is 15.9. The molecule has 0 heterocycles. The first-order chi connectivity index (χ1) is 12.5. The molecule has 0 unspecified atom stereocenters. The van der Waals surface area contributed by atoms with Gasteiger partial charge in [0.05, 0.1) is 18.7 Å². The Balaban J connectivity index is 0.00000105. The van der Waals surface area contributed by atoms with Crippen LogP contribution in [0.1, 0.15) is 13.3 Å². The average molecular weight is 357 g/mol. The van der Waals surface area contributed by atoms with Crippen LogP contribution >= 0.6 is 0 Å². The van der Waals surface area contributed by atoms with E-state index in [4.69, 9.17) is 4.74 Å². The minimum absolute atomic E-state index is 0.144. The molecule has 140 valence electrons. The molecule has 0 bridgehead atoms. The Kier molecular flexibility index (Phi) is 9.64. The molecule has 6 nitrogen and oxygen atoms in total. The number of allylic oxidation sites excluding steroid dienone is 3. The van der Waals surface area contributed by atoms with Gasteiger partial charge < -0.3 is 15.0 Å². The zero-order chi connectivity index (χ0) is 19.4. The summed E-state index contributed by atoms with van der Waals surface area (Å²) in [5.74, 6) is -0.383. The number of ether oxygens (including phenoxy) is 1. The molecule has 26 heavy (non-hydrogen) atoms. The molecule has 0 aliphatic heterocycles. The second kappa shape index (κ2) is 11.8. The van der Waals surface area contributed by atoms with Crippen molar-refractivity contribution < 1.29 is 14.3 Å². The quantitative estimate of drug-likeness (QED) is 0.626. The number of rotatable bonds is 6. The van der Waals surface area contributed by atoms with Crippen molar-refractivity contribution in [2.75, 3.05) is 34.3 Å². The molecule has 1 aliphatic carbocycles. The van der Waals surface area contributed by atoms with Crippen LogP contribution in [0.15, 0.2) is 59.2 Å². The average Bonchev–Trinajstić information content (AvgIpc) is 2.63. The molecule has 1 aromatic carbocycles. The number of likely N-dealkylation sites (N-methyl/N-ethyl adjacent to an activating group) is 1. The second-order valence-electron chi connectivity index (χ2n) is 5.58. The van der Waals surface area contributed by atoms with Gasteiger partial charge in [-0.3, -0.25) is 9.59 Å². The summed E-state index contributed by atoms with van der Waals surface area (Å²) >= 11 is 0. The zero-order valence-corrected chi connectivity index (χ0v) is 15.9. The number of esters is 1. The third kappa shape index (κ3) is 7.44. The molecule has 0 spiro atoms. The molecule has 2 rings (SSSR count). The summed E-state index contributed by atoms with van der Waals surface area (Å²) < 4.78 is 4.90. The molecule has 0 amide bonds. The van der Waals surface area contributed by atoms with E-state index in [1.54, 1.807) is 13.0 Å². The maximum atomic E-state index is 12.2. The van der Waals surface area contributed by atoms with E-state index in [9.17, 15) is 9.59 Å². The van der Waals surface area contributed by atoms with E-state index >= 15 is 0 Å². The van der Waals surface area contributed by atoms with Gasteiger partial charge >= 0.3 is 5.97 Å². The number of nitrogens with zero attached hydrogens (tertiary/aromatic N) is 2. The fourth-order valence-corrected chi connectivity index (χ4v) is 2.10. The Morgan fingerprint density at radius 3 is 2.42 bits per heavy atom. The fourth-order valence-electron chi connectivity index (χ4n) is 2.10. The van der Waals surface area contributed by atoms with Gasteiger partial charge in [-0.2, -0.15) is 0 Å². The minimum Gasteiger partial charge on any atom is -0.466 e. The number of para-hydroxylation sites is 1. The summed E-state index contributed by atoms with van der Waals surface area (Å²) in [7, 11) is 5.59. The largest absolute Gasteiger partial charge is 0.466 e. The van der Waals surface area contributed by atoms with E-state index in [1.807, 2.05) is 62.5 Å². The first kappa shape index (κ1) is 21.3. The molecule has 1 N–H and O–H groups in total. The van der Waals surface area contributed by atoms with Crippen molar-refractivity contribution in [3.05, 3.63) is 54.3 Å². The number of aliphatic imine (C=N–C) groups is 1. The first-order valence-electron chi connectivity index (χ1n) is 8.54. The highest BCUT2D eigenvalue weighted by atomic mass is 16.5. The number of ketones is 1. The van der Waals surface area contributed by atoms with Gasteiger partial charge in [-0.25, -0.2) is 4.99 Å². The lowest BCUT2D eigenvalue weighted by Gasteiger charge is -2.21. The van der Waals surface area contributed by atoms with E-state index in [0.29, 0.717) is 18.9 Å². The lowest BCUT2D eigenvalue weighted by atomic mass is 10.1. The molecule has 6 heteroatoms. The summed E-state index contributed by atoms with van der Waals surface area (Å²) in [6, 6.07) is 9.35. The Hall–Kier alpha value is -2.73.